The summed E-state index contributed by atoms with van der Waals surface area (Å²) >= 11 is 0. The Kier molecular flexibility index (Phi) is 2.77. The van der Waals surface area contributed by atoms with E-state index in [0.29, 0.717) is 18.7 Å². The number of esters is 1. The van der Waals surface area contributed by atoms with Gasteiger partial charge in [0.05, 0.1) is 0 Å². The molecule has 1 aromatic rings. The molecule has 0 amide bonds. The van der Waals surface area contributed by atoms with Crippen LogP contribution < -0.4 is 0 Å². The first kappa shape index (κ1) is 10.9. The first-order chi connectivity index (χ1) is 7.72. The van der Waals surface area contributed by atoms with E-state index in [4.69, 9.17) is 4.74 Å². The minimum Gasteiger partial charge on any atom is -0.405 e. The maximum Gasteiger partial charge on any atom is 0.340 e. The van der Waals surface area contributed by atoms with Crippen LogP contribution in [-0.4, -0.2) is 17.4 Å². The first-order valence-electron chi connectivity index (χ1n) is 5.59. The fourth-order valence-electron chi connectivity index (χ4n) is 1.85. The summed E-state index contributed by atoms with van der Waals surface area (Å²) in [4.78, 5) is 16.3. The molecule has 0 aliphatic carbocycles. The molecule has 0 radical (unpaired) electrons. The van der Waals surface area contributed by atoms with Crippen molar-refractivity contribution in [3.63, 3.8) is 0 Å². The number of cyclic esters (lactones) is 1. The molecule has 3 heteroatoms. The van der Waals surface area contributed by atoms with Gasteiger partial charge in [-0.15, -0.1) is 0 Å². The summed E-state index contributed by atoms with van der Waals surface area (Å²) in [6.07, 6.45) is 1.36. The van der Waals surface area contributed by atoms with Crippen molar-refractivity contribution < 1.29 is 9.53 Å². The Balaban J connectivity index is 2.37. The molecule has 0 aromatic heterocycles. The molecule has 0 saturated carbocycles. The molecule has 1 aliphatic rings. The fourth-order valence-corrected chi connectivity index (χ4v) is 1.85. The lowest BCUT2D eigenvalue weighted by Gasteiger charge is -2.16. The number of hydrogen-bond acceptors (Lipinski definition) is 3. The van der Waals surface area contributed by atoms with E-state index in [2.05, 4.69) is 4.99 Å². The van der Waals surface area contributed by atoms with Gasteiger partial charge in [-0.05, 0) is 25.0 Å². The van der Waals surface area contributed by atoms with E-state index in [9.17, 15) is 4.79 Å². The zero-order valence-corrected chi connectivity index (χ0v) is 9.56. The van der Waals surface area contributed by atoms with Gasteiger partial charge < -0.3 is 4.74 Å². The molecule has 0 spiro atoms. The summed E-state index contributed by atoms with van der Waals surface area (Å²) in [5.41, 5.74) is 0.199. The molecule has 84 valence electrons. The molecule has 16 heavy (non-hydrogen) atoms. The van der Waals surface area contributed by atoms with Crippen molar-refractivity contribution in [1.29, 1.82) is 0 Å². The maximum absolute atomic E-state index is 11.8. The predicted molar refractivity (Wildman–Crippen MR) is 62.4 cm³/mol. The van der Waals surface area contributed by atoms with Crippen molar-refractivity contribution >= 4 is 11.9 Å². The summed E-state index contributed by atoms with van der Waals surface area (Å²) in [6.45, 7) is 3.92. The maximum atomic E-state index is 11.8. The second kappa shape index (κ2) is 4.08. The van der Waals surface area contributed by atoms with Gasteiger partial charge in [0.15, 0.2) is 5.54 Å². The summed E-state index contributed by atoms with van der Waals surface area (Å²) in [5, 5.41) is 0. The van der Waals surface area contributed by atoms with E-state index in [1.165, 1.54) is 0 Å². The average Bonchev–Trinajstić information content (AvgIpc) is 2.68. The minimum absolute atomic E-state index is 0.226. The normalized spacial score (nSPS) is 18.1. The van der Waals surface area contributed by atoms with Crippen molar-refractivity contribution in [3.8, 4) is 0 Å². The topological polar surface area (TPSA) is 38.7 Å². The van der Waals surface area contributed by atoms with Gasteiger partial charge in [0.1, 0.15) is 0 Å². The molecule has 3 nitrogen and oxygen atoms in total. The van der Waals surface area contributed by atoms with E-state index >= 15 is 0 Å². The Morgan fingerprint density at radius 2 is 1.81 bits per heavy atom. The quantitative estimate of drug-likeness (QED) is 0.730. The highest BCUT2D eigenvalue weighted by Gasteiger charge is 2.43. The van der Waals surface area contributed by atoms with Crippen LogP contribution in [0, 0.1) is 0 Å². The summed E-state index contributed by atoms with van der Waals surface area (Å²) in [6, 6.07) is 9.53. The van der Waals surface area contributed by atoms with Crippen LogP contribution in [0.3, 0.4) is 0 Å². The van der Waals surface area contributed by atoms with Crippen LogP contribution in [0.4, 0.5) is 0 Å². The SMILES string of the molecule is CCC1(CC)N=C(c2ccccc2)OC1=O. The second-order valence-electron chi connectivity index (χ2n) is 3.91. The predicted octanol–water partition coefficient (Wildman–Crippen LogP) is 2.55. The van der Waals surface area contributed by atoms with E-state index in [1.54, 1.807) is 0 Å². The zero-order valence-electron chi connectivity index (χ0n) is 9.56. The van der Waals surface area contributed by atoms with Crippen LogP contribution in [0.25, 0.3) is 0 Å². The molecule has 0 bridgehead atoms. The summed E-state index contributed by atoms with van der Waals surface area (Å²) in [7, 11) is 0. The van der Waals surface area contributed by atoms with Crippen LogP contribution >= 0.6 is 0 Å². The van der Waals surface area contributed by atoms with Gasteiger partial charge in [0.25, 0.3) is 0 Å². The van der Waals surface area contributed by atoms with Gasteiger partial charge in [-0.1, -0.05) is 32.0 Å². The highest BCUT2D eigenvalue weighted by Crippen LogP contribution is 2.29. The van der Waals surface area contributed by atoms with E-state index in [-0.39, 0.29) is 5.97 Å². The third-order valence-electron chi connectivity index (χ3n) is 3.08. The van der Waals surface area contributed by atoms with Gasteiger partial charge in [0.2, 0.25) is 5.90 Å². The number of rotatable bonds is 3. The van der Waals surface area contributed by atoms with Crippen molar-refractivity contribution in [3.05, 3.63) is 35.9 Å². The molecular formula is C13H15NO2. The van der Waals surface area contributed by atoms with Crippen LogP contribution in [0.2, 0.25) is 0 Å². The molecule has 2 rings (SSSR count). The summed E-state index contributed by atoms with van der Waals surface area (Å²) < 4.78 is 5.26. The molecule has 1 aromatic carbocycles. The number of benzene rings is 1. The van der Waals surface area contributed by atoms with Gasteiger partial charge in [0, 0.05) is 5.56 Å². The largest absolute Gasteiger partial charge is 0.405 e. The van der Waals surface area contributed by atoms with E-state index < -0.39 is 5.54 Å². The lowest BCUT2D eigenvalue weighted by atomic mass is 9.95. The number of carbonyl (C=O) groups excluding carboxylic acids is 1. The van der Waals surface area contributed by atoms with Gasteiger partial charge in [-0.3, -0.25) is 0 Å². The van der Waals surface area contributed by atoms with Gasteiger partial charge >= 0.3 is 5.97 Å². The van der Waals surface area contributed by atoms with Crippen LogP contribution in [-0.2, 0) is 9.53 Å². The van der Waals surface area contributed by atoms with Gasteiger partial charge in [-0.2, -0.15) is 0 Å². The fraction of sp³-hybridized carbons (Fsp3) is 0.385. The first-order valence-corrected chi connectivity index (χ1v) is 5.59. The van der Waals surface area contributed by atoms with Crippen LogP contribution in [0.1, 0.15) is 32.3 Å². The number of nitrogens with zero attached hydrogens (tertiary/aromatic N) is 1. The highest BCUT2D eigenvalue weighted by atomic mass is 16.6. The molecule has 0 N–H and O–H groups in total. The van der Waals surface area contributed by atoms with Crippen LogP contribution in [0.5, 0.6) is 0 Å². The summed E-state index contributed by atoms with van der Waals surface area (Å²) in [5.74, 6) is 0.227. The van der Waals surface area contributed by atoms with Gasteiger partial charge in [-0.25, -0.2) is 9.79 Å². The number of aliphatic imine (C=N–C) groups is 1. The average molecular weight is 217 g/mol. The van der Waals surface area contributed by atoms with Crippen molar-refractivity contribution in [2.24, 2.45) is 4.99 Å². The van der Waals surface area contributed by atoms with E-state index in [0.717, 1.165) is 5.56 Å². The minimum atomic E-state index is -0.662. The Morgan fingerprint density at radius 3 is 2.31 bits per heavy atom. The number of carbonyl (C=O) groups is 1. The Bertz CT molecular complexity index is 419. The Labute approximate surface area is 95.2 Å². The molecule has 0 atom stereocenters. The smallest absolute Gasteiger partial charge is 0.340 e. The molecule has 1 heterocycles. The number of ether oxygens (including phenoxy) is 1. The molecule has 0 unspecified atom stereocenters. The molecule has 0 saturated heterocycles. The molecular weight excluding hydrogens is 202 g/mol. The van der Waals surface area contributed by atoms with E-state index in [1.807, 2.05) is 44.2 Å². The Morgan fingerprint density at radius 1 is 1.19 bits per heavy atom. The van der Waals surface area contributed by atoms with Crippen molar-refractivity contribution in [1.82, 2.24) is 0 Å². The number of hydrogen-bond donors (Lipinski definition) is 0. The van der Waals surface area contributed by atoms with Crippen molar-refractivity contribution in [2.45, 2.75) is 32.2 Å². The van der Waals surface area contributed by atoms with Crippen LogP contribution in [0.15, 0.2) is 35.3 Å². The third-order valence-corrected chi connectivity index (χ3v) is 3.08. The third kappa shape index (κ3) is 1.62. The monoisotopic (exact) mass is 217 g/mol. The molecule has 1 aliphatic heterocycles. The standard InChI is InChI=1S/C13H15NO2/c1-3-13(4-2)12(15)16-11(14-13)10-8-6-5-7-9-10/h5-9H,3-4H2,1-2H3. The highest BCUT2D eigenvalue weighted by molar-refractivity contribution is 6.07. The lowest BCUT2D eigenvalue weighted by molar-refractivity contribution is -0.139. The second-order valence-corrected chi connectivity index (χ2v) is 3.91. The zero-order chi connectivity index (χ0) is 11.6. The van der Waals surface area contributed by atoms with Crippen molar-refractivity contribution in [2.75, 3.05) is 0 Å². The lowest BCUT2D eigenvalue weighted by Crippen LogP contribution is -2.31. The Hall–Kier alpha value is -1.64. The molecule has 0 fully saturated rings.